The molecule has 0 amide bonds. The Morgan fingerprint density at radius 1 is 1.33 bits per heavy atom. The number of halogens is 1. The van der Waals surface area contributed by atoms with Crippen molar-refractivity contribution in [2.45, 2.75) is 0 Å². The van der Waals surface area contributed by atoms with Gasteiger partial charge in [-0.05, 0) is 17.5 Å². The summed E-state index contributed by atoms with van der Waals surface area (Å²) in [6.45, 7) is 0. The van der Waals surface area contributed by atoms with E-state index >= 15 is 0 Å². The molecule has 0 radical (unpaired) electrons. The van der Waals surface area contributed by atoms with Crippen molar-refractivity contribution >= 4 is 32.7 Å². The minimum absolute atomic E-state index is 0.344. The molecule has 0 atom stereocenters. The molecule has 1 heterocycles. The predicted molar refractivity (Wildman–Crippen MR) is 60.8 cm³/mol. The van der Waals surface area contributed by atoms with Gasteiger partial charge >= 0.3 is 5.97 Å². The van der Waals surface area contributed by atoms with Crippen molar-refractivity contribution < 1.29 is 9.53 Å². The fourth-order valence-corrected chi connectivity index (χ4v) is 1.93. The van der Waals surface area contributed by atoms with Crippen LogP contribution >= 0.6 is 15.9 Å². The third kappa shape index (κ3) is 1.72. The molecule has 0 bridgehead atoms. The van der Waals surface area contributed by atoms with E-state index < -0.39 is 5.97 Å². The zero-order chi connectivity index (χ0) is 10.8. The summed E-state index contributed by atoms with van der Waals surface area (Å²) in [6, 6.07) is 7.48. The lowest BCUT2D eigenvalue weighted by Gasteiger charge is -2.04. The van der Waals surface area contributed by atoms with E-state index in [4.69, 9.17) is 0 Å². The van der Waals surface area contributed by atoms with Gasteiger partial charge in [0.25, 0.3) is 0 Å². The maximum absolute atomic E-state index is 11.4. The van der Waals surface area contributed by atoms with Gasteiger partial charge in [-0.25, -0.2) is 9.78 Å². The number of carbonyl (C=O) groups is 1. The van der Waals surface area contributed by atoms with Crippen molar-refractivity contribution in [3.8, 4) is 0 Å². The molecule has 0 N–H and O–H groups in total. The Bertz CT molecular complexity index is 525. The van der Waals surface area contributed by atoms with Gasteiger partial charge in [-0.15, -0.1) is 0 Å². The van der Waals surface area contributed by atoms with Gasteiger partial charge in [0.15, 0.2) is 5.69 Å². The summed E-state index contributed by atoms with van der Waals surface area (Å²) in [5, 5.41) is 1.74. The molecular weight excluding hydrogens is 258 g/mol. The van der Waals surface area contributed by atoms with E-state index in [-0.39, 0.29) is 0 Å². The van der Waals surface area contributed by atoms with Crippen LogP contribution in [0.3, 0.4) is 0 Å². The molecule has 0 aliphatic carbocycles. The molecule has 4 heteroatoms. The van der Waals surface area contributed by atoms with Crippen LogP contribution in [0.1, 0.15) is 10.5 Å². The molecule has 0 saturated heterocycles. The molecule has 0 unspecified atom stereocenters. The summed E-state index contributed by atoms with van der Waals surface area (Å²) < 4.78 is 5.61. The smallest absolute Gasteiger partial charge is 0.357 e. The number of nitrogens with zero attached hydrogens (tertiary/aromatic N) is 1. The SMILES string of the molecule is COC(=O)c1nccc2c(Br)cccc12. The number of hydrogen-bond acceptors (Lipinski definition) is 3. The van der Waals surface area contributed by atoms with Crippen LogP contribution in [0.4, 0.5) is 0 Å². The lowest BCUT2D eigenvalue weighted by molar-refractivity contribution is 0.0596. The lowest BCUT2D eigenvalue weighted by Crippen LogP contribution is -2.04. The highest BCUT2D eigenvalue weighted by Gasteiger charge is 2.12. The average molecular weight is 266 g/mol. The van der Waals surface area contributed by atoms with Gasteiger partial charge in [0.05, 0.1) is 7.11 Å². The molecule has 2 aromatic rings. The zero-order valence-electron chi connectivity index (χ0n) is 8.03. The second-order valence-electron chi connectivity index (χ2n) is 2.99. The van der Waals surface area contributed by atoms with Crippen LogP contribution in [0.25, 0.3) is 10.8 Å². The minimum Gasteiger partial charge on any atom is -0.464 e. The highest BCUT2D eigenvalue weighted by Crippen LogP contribution is 2.25. The Kier molecular flexibility index (Phi) is 2.68. The van der Waals surface area contributed by atoms with E-state index in [2.05, 4.69) is 25.7 Å². The van der Waals surface area contributed by atoms with Crippen LogP contribution in [-0.2, 0) is 4.74 Å². The van der Waals surface area contributed by atoms with Gasteiger partial charge in [0, 0.05) is 16.1 Å². The predicted octanol–water partition coefficient (Wildman–Crippen LogP) is 2.78. The molecule has 2 rings (SSSR count). The fraction of sp³-hybridized carbons (Fsp3) is 0.0909. The Labute approximate surface area is 95.2 Å². The Morgan fingerprint density at radius 2 is 2.13 bits per heavy atom. The molecule has 76 valence electrons. The molecular formula is C11H8BrNO2. The Balaban J connectivity index is 2.77. The van der Waals surface area contributed by atoms with Crippen molar-refractivity contribution in [1.29, 1.82) is 0 Å². The third-order valence-corrected chi connectivity index (χ3v) is 2.82. The average Bonchev–Trinajstić information content (AvgIpc) is 2.28. The quantitative estimate of drug-likeness (QED) is 0.745. The van der Waals surface area contributed by atoms with Crippen molar-refractivity contribution in [2.75, 3.05) is 7.11 Å². The van der Waals surface area contributed by atoms with E-state index in [0.29, 0.717) is 5.69 Å². The van der Waals surface area contributed by atoms with Crippen LogP contribution < -0.4 is 0 Å². The summed E-state index contributed by atoms with van der Waals surface area (Å²) in [5.41, 5.74) is 0.344. The number of hydrogen-bond donors (Lipinski definition) is 0. The van der Waals surface area contributed by atoms with Crippen molar-refractivity contribution in [3.05, 3.63) is 40.6 Å². The number of benzene rings is 1. The molecule has 3 nitrogen and oxygen atoms in total. The van der Waals surface area contributed by atoms with Gasteiger partial charge < -0.3 is 4.74 Å². The second kappa shape index (κ2) is 3.98. The number of esters is 1. The normalized spacial score (nSPS) is 10.3. The topological polar surface area (TPSA) is 39.2 Å². The first kappa shape index (κ1) is 10.1. The Hall–Kier alpha value is -1.42. The number of rotatable bonds is 1. The fourth-order valence-electron chi connectivity index (χ4n) is 1.43. The van der Waals surface area contributed by atoms with Gasteiger partial charge in [0.1, 0.15) is 0 Å². The van der Waals surface area contributed by atoms with Gasteiger partial charge in [-0.2, -0.15) is 0 Å². The van der Waals surface area contributed by atoms with E-state index in [0.717, 1.165) is 15.2 Å². The maximum Gasteiger partial charge on any atom is 0.357 e. The molecule has 1 aromatic carbocycles. The van der Waals surface area contributed by atoms with E-state index in [1.54, 1.807) is 6.20 Å². The monoisotopic (exact) mass is 265 g/mol. The highest BCUT2D eigenvalue weighted by molar-refractivity contribution is 9.10. The molecule has 0 aliphatic rings. The standard InChI is InChI=1S/C11H8BrNO2/c1-15-11(14)10-8-3-2-4-9(12)7(8)5-6-13-10/h2-6H,1H3. The van der Waals surface area contributed by atoms with Crippen LogP contribution in [0.2, 0.25) is 0 Å². The van der Waals surface area contributed by atoms with Gasteiger partial charge in [0.2, 0.25) is 0 Å². The minimum atomic E-state index is -0.418. The highest BCUT2D eigenvalue weighted by atomic mass is 79.9. The lowest BCUT2D eigenvalue weighted by atomic mass is 10.1. The van der Waals surface area contributed by atoms with E-state index in [9.17, 15) is 4.79 Å². The summed E-state index contributed by atoms with van der Waals surface area (Å²) >= 11 is 3.42. The van der Waals surface area contributed by atoms with Crippen LogP contribution in [0.5, 0.6) is 0 Å². The number of fused-ring (bicyclic) bond motifs is 1. The summed E-state index contributed by atoms with van der Waals surface area (Å²) in [5.74, 6) is -0.418. The molecule has 15 heavy (non-hydrogen) atoms. The first-order valence-electron chi connectivity index (χ1n) is 4.35. The third-order valence-electron chi connectivity index (χ3n) is 2.13. The van der Waals surface area contributed by atoms with Crippen molar-refractivity contribution in [2.24, 2.45) is 0 Å². The second-order valence-corrected chi connectivity index (χ2v) is 3.84. The number of aromatic nitrogens is 1. The largest absolute Gasteiger partial charge is 0.464 e. The van der Waals surface area contributed by atoms with Crippen molar-refractivity contribution in [3.63, 3.8) is 0 Å². The molecule has 0 saturated carbocycles. The van der Waals surface area contributed by atoms with Crippen LogP contribution in [0, 0.1) is 0 Å². The van der Waals surface area contributed by atoms with E-state index in [1.165, 1.54) is 7.11 Å². The van der Waals surface area contributed by atoms with E-state index in [1.807, 2.05) is 24.3 Å². The van der Waals surface area contributed by atoms with Crippen LogP contribution in [0.15, 0.2) is 34.9 Å². The molecule has 1 aromatic heterocycles. The molecule has 0 spiro atoms. The van der Waals surface area contributed by atoms with Gasteiger partial charge in [-0.1, -0.05) is 28.1 Å². The Morgan fingerprint density at radius 3 is 2.87 bits per heavy atom. The van der Waals surface area contributed by atoms with Crippen LogP contribution in [-0.4, -0.2) is 18.1 Å². The summed E-state index contributed by atoms with van der Waals surface area (Å²) in [4.78, 5) is 15.5. The number of pyridine rings is 1. The van der Waals surface area contributed by atoms with Gasteiger partial charge in [-0.3, -0.25) is 0 Å². The molecule has 0 aliphatic heterocycles. The number of methoxy groups -OCH3 is 1. The summed E-state index contributed by atoms with van der Waals surface area (Å²) in [6.07, 6.45) is 1.60. The summed E-state index contributed by atoms with van der Waals surface area (Å²) in [7, 11) is 1.35. The first-order valence-corrected chi connectivity index (χ1v) is 5.15. The zero-order valence-corrected chi connectivity index (χ0v) is 9.61. The molecule has 0 fully saturated rings. The number of ether oxygens (including phenoxy) is 1. The maximum atomic E-state index is 11.4. The van der Waals surface area contributed by atoms with Crippen molar-refractivity contribution in [1.82, 2.24) is 4.98 Å². The number of carbonyl (C=O) groups excluding carboxylic acids is 1. The first-order chi connectivity index (χ1) is 7.24.